The lowest BCUT2D eigenvalue weighted by atomic mass is 9.95. The molecule has 52 heavy (non-hydrogen) atoms. The number of hydrogen-bond donors (Lipinski definition) is 0. The molecule has 4 aromatic rings. The normalized spacial score (nSPS) is 21.4. The summed E-state index contributed by atoms with van der Waals surface area (Å²) < 4.78 is 34.3. The molecule has 2 aromatic carbocycles. The number of benzene rings is 2. The molecule has 0 spiro atoms. The zero-order chi connectivity index (χ0) is 36.1. The van der Waals surface area contributed by atoms with Gasteiger partial charge in [-0.05, 0) is 63.1 Å². The van der Waals surface area contributed by atoms with E-state index in [1.807, 2.05) is 36.4 Å². The molecular weight excluding hydrogens is 663 g/mol. The van der Waals surface area contributed by atoms with E-state index in [4.69, 9.17) is 30.6 Å². The number of fused-ring (bicyclic) bond motifs is 5. The molecule has 0 aliphatic carbocycles. The van der Waals surface area contributed by atoms with Gasteiger partial charge in [0.25, 0.3) is 0 Å². The van der Waals surface area contributed by atoms with Crippen molar-refractivity contribution in [3.63, 3.8) is 0 Å². The van der Waals surface area contributed by atoms with Gasteiger partial charge in [0.15, 0.2) is 5.82 Å². The molecule has 4 aliphatic heterocycles. The van der Waals surface area contributed by atoms with Gasteiger partial charge in [-0.3, -0.25) is 19.6 Å². The zero-order valence-corrected chi connectivity index (χ0v) is 29.8. The van der Waals surface area contributed by atoms with E-state index < -0.39 is 24.2 Å². The van der Waals surface area contributed by atoms with E-state index in [0.717, 1.165) is 62.4 Å². The fourth-order valence-electron chi connectivity index (χ4n) is 8.73. The lowest BCUT2D eigenvalue weighted by Crippen LogP contribution is -2.56. The van der Waals surface area contributed by atoms with Gasteiger partial charge in [0.1, 0.15) is 23.6 Å². The maximum Gasteiger partial charge on any atom is 0.413 e. The van der Waals surface area contributed by atoms with Crippen LogP contribution < -0.4 is 9.64 Å². The molecule has 0 N–H and O–H groups in total. The van der Waals surface area contributed by atoms with Crippen LogP contribution in [0.5, 0.6) is 6.01 Å². The van der Waals surface area contributed by atoms with Crippen molar-refractivity contribution in [2.75, 3.05) is 37.7 Å². The number of rotatable bonds is 8. The molecule has 2 bridgehead atoms. The second kappa shape index (κ2) is 13.5. The molecule has 3 atom stereocenters. The van der Waals surface area contributed by atoms with Crippen LogP contribution >= 0.6 is 0 Å². The van der Waals surface area contributed by atoms with Crippen LogP contribution in [0.15, 0.2) is 42.6 Å². The van der Waals surface area contributed by atoms with Gasteiger partial charge >= 0.3 is 18.1 Å². The third-order valence-corrected chi connectivity index (χ3v) is 11.3. The largest absolute Gasteiger partial charge is 0.461 e. The van der Waals surface area contributed by atoms with Crippen molar-refractivity contribution < 1.29 is 28.2 Å². The number of carbonyl (C=O) groups excluding carboxylic acids is 2. The Kier molecular flexibility index (Phi) is 8.86. The molecule has 6 heterocycles. The summed E-state index contributed by atoms with van der Waals surface area (Å²) in [5.41, 5.74) is 1.44. The zero-order valence-electron chi connectivity index (χ0n) is 29.8. The average molecular weight is 707 g/mol. The van der Waals surface area contributed by atoms with Crippen LogP contribution in [0.1, 0.15) is 64.9 Å². The Morgan fingerprint density at radius 2 is 1.73 bits per heavy atom. The van der Waals surface area contributed by atoms with E-state index in [0.29, 0.717) is 42.0 Å². The Morgan fingerprint density at radius 3 is 2.42 bits per heavy atom. The fourth-order valence-corrected chi connectivity index (χ4v) is 8.73. The minimum atomic E-state index is -1.01. The molecule has 0 saturated carbocycles. The van der Waals surface area contributed by atoms with Gasteiger partial charge in [-0.2, -0.15) is 9.97 Å². The van der Waals surface area contributed by atoms with Gasteiger partial charge in [0.05, 0.1) is 28.9 Å². The van der Waals surface area contributed by atoms with Crippen molar-refractivity contribution in [2.45, 2.75) is 83.2 Å². The standard InChI is InChI=1S/C40H43FN6O5/c1-5-26-10-6-11-27-12-7-13-30(32(26)27)34-33(41)35-31(20-42-34)36(44-38(43-35)50-23-40-16-8-18-46(40)19-9-17-40)45-21-28-14-15-29(22-45)47(28)39(49)52-25(4)51-37(48)24(2)3/h1,6-7,10-13,20,24-25,28-29H,8-9,14-19,21-23H2,2-4H3/t25?,28-,29+. The lowest BCUT2D eigenvalue weighted by molar-refractivity contribution is -0.170. The Labute approximate surface area is 302 Å². The number of halogens is 1. The van der Waals surface area contributed by atoms with Gasteiger partial charge in [0, 0.05) is 42.7 Å². The third kappa shape index (κ3) is 5.94. The van der Waals surface area contributed by atoms with Crippen molar-refractivity contribution in [1.29, 1.82) is 0 Å². The van der Waals surface area contributed by atoms with E-state index in [-0.39, 0.29) is 40.8 Å². The molecule has 4 aliphatic rings. The lowest BCUT2D eigenvalue weighted by Gasteiger charge is -2.41. The summed E-state index contributed by atoms with van der Waals surface area (Å²) in [6.45, 7) is 8.40. The maximum absolute atomic E-state index is 17.0. The van der Waals surface area contributed by atoms with Crippen LogP contribution in [0.25, 0.3) is 32.9 Å². The molecule has 1 unspecified atom stereocenters. The van der Waals surface area contributed by atoms with Gasteiger partial charge < -0.3 is 19.1 Å². The van der Waals surface area contributed by atoms with Gasteiger partial charge in [-0.1, -0.05) is 50.1 Å². The number of carbonyl (C=O) groups is 2. The summed E-state index contributed by atoms with van der Waals surface area (Å²) in [4.78, 5) is 46.1. The fraction of sp³-hybridized carbons (Fsp3) is 0.475. The summed E-state index contributed by atoms with van der Waals surface area (Å²) in [6, 6.07) is 11.1. The Balaban J connectivity index is 1.15. The first-order valence-corrected chi connectivity index (χ1v) is 18.3. The van der Waals surface area contributed by atoms with Crippen molar-refractivity contribution in [2.24, 2.45) is 5.92 Å². The van der Waals surface area contributed by atoms with Crippen LogP contribution in [0, 0.1) is 24.1 Å². The van der Waals surface area contributed by atoms with E-state index in [2.05, 4.69) is 20.7 Å². The van der Waals surface area contributed by atoms with Crippen molar-refractivity contribution >= 4 is 39.6 Å². The number of esters is 1. The smallest absolute Gasteiger partial charge is 0.413 e. The summed E-state index contributed by atoms with van der Waals surface area (Å²) in [6.07, 6.45) is 11.8. The summed E-state index contributed by atoms with van der Waals surface area (Å²) in [5, 5.41) is 2.09. The molecule has 270 valence electrons. The Hall–Kier alpha value is -5.02. The van der Waals surface area contributed by atoms with Gasteiger partial charge in [-0.25, -0.2) is 9.18 Å². The molecule has 4 fully saturated rings. The molecule has 4 saturated heterocycles. The highest BCUT2D eigenvalue weighted by atomic mass is 19.1. The van der Waals surface area contributed by atoms with Crippen LogP contribution in [0.3, 0.4) is 0 Å². The molecule has 2 aromatic heterocycles. The van der Waals surface area contributed by atoms with E-state index in [9.17, 15) is 9.59 Å². The second-order valence-electron chi connectivity index (χ2n) is 14.8. The summed E-state index contributed by atoms with van der Waals surface area (Å²) >= 11 is 0. The van der Waals surface area contributed by atoms with Gasteiger partial charge in [-0.15, -0.1) is 6.42 Å². The highest BCUT2D eigenvalue weighted by Crippen LogP contribution is 2.41. The molecule has 8 rings (SSSR count). The minimum Gasteiger partial charge on any atom is -0.461 e. The molecule has 0 radical (unpaired) electrons. The highest BCUT2D eigenvalue weighted by Gasteiger charge is 2.46. The van der Waals surface area contributed by atoms with E-state index >= 15 is 4.39 Å². The second-order valence-corrected chi connectivity index (χ2v) is 14.8. The van der Waals surface area contributed by atoms with Crippen molar-refractivity contribution in [3.05, 3.63) is 54.0 Å². The first-order chi connectivity index (χ1) is 25.2. The molecule has 11 nitrogen and oxygen atoms in total. The third-order valence-electron chi connectivity index (χ3n) is 11.3. The number of pyridine rings is 1. The molecule has 12 heteroatoms. The first kappa shape index (κ1) is 34.1. The maximum atomic E-state index is 17.0. The quantitative estimate of drug-likeness (QED) is 0.118. The van der Waals surface area contributed by atoms with E-state index in [1.54, 1.807) is 31.9 Å². The predicted octanol–water partition coefficient (Wildman–Crippen LogP) is 6.31. The van der Waals surface area contributed by atoms with Crippen molar-refractivity contribution in [1.82, 2.24) is 24.8 Å². The number of terminal acetylenes is 1. The van der Waals surface area contributed by atoms with Crippen LogP contribution in [-0.2, 0) is 14.3 Å². The first-order valence-electron chi connectivity index (χ1n) is 18.3. The van der Waals surface area contributed by atoms with Crippen molar-refractivity contribution in [3.8, 4) is 29.6 Å². The number of amides is 1. The number of anilines is 1. The number of piperazine rings is 1. The number of nitrogens with zero attached hydrogens (tertiary/aromatic N) is 6. The van der Waals surface area contributed by atoms with E-state index in [1.165, 1.54) is 0 Å². The van der Waals surface area contributed by atoms with Crippen LogP contribution in [-0.4, -0.2) is 93.5 Å². The number of ether oxygens (including phenoxy) is 3. The minimum absolute atomic E-state index is 0.0548. The average Bonchev–Trinajstić information content (AvgIpc) is 3.80. The predicted molar refractivity (Wildman–Crippen MR) is 194 cm³/mol. The Morgan fingerprint density at radius 1 is 1.02 bits per heavy atom. The SMILES string of the molecule is C#Cc1cccc2cccc(-c3ncc4c(N5C[C@H]6CC[C@@H](C5)N6C(=O)OC(C)OC(=O)C(C)C)nc(OCC56CCCN5CCC6)nc4c3F)c12. The molecule has 1 amide bonds. The number of aromatic nitrogens is 3. The number of hydrogen-bond acceptors (Lipinski definition) is 10. The van der Waals surface area contributed by atoms with Gasteiger partial charge in [0.2, 0.25) is 6.29 Å². The van der Waals surface area contributed by atoms with Crippen LogP contribution in [0.4, 0.5) is 15.0 Å². The summed E-state index contributed by atoms with van der Waals surface area (Å²) in [7, 11) is 0. The topological polar surface area (TPSA) is 110 Å². The highest BCUT2D eigenvalue weighted by molar-refractivity contribution is 6.02. The van der Waals surface area contributed by atoms with Crippen LogP contribution in [0.2, 0.25) is 0 Å². The Bertz CT molecular complexity index is 2070. The monoisotopic (exact) mass is 706 g/mol. The molecular formula is C40H43FN6O5. The summed E-state index contributed by atoms with van der Waals surface area (Å²) in [5.74, 6) is 1.90.